The molecule has 7 aromatic carbocycles. The van der Waals surface area contributed by atoms with Crippen molar-refractivity contribution >= 4 is 60.3 Å². The molecule has 0 radical (unpaired) electrons. The van der Waals surface area contributed by atoms with E-state index in [-0.39, 0.29) is 5.56 Å². The summed E-state index contributed by atoms with van der Waals surface area (Å²) in [6.45, 7) is 49.9. The van der Waals surface area contributed by atoms with Crippen LogP contribution in [0.25, 0.3) is 49.0 Å². The fourth-order valence-electron chi connectivity index (χ4n) is 10.0. The molecule has 9 nitrogen and oxygen atoms in total. The van der Waals surface area contributed by atoms with E-state index >= 15 is 0 Å². The molecule has 0 saturated heterocycles. The second-order valence-electron chi connectivity index (χ2n) is 21.3. The third-order valence-corrected chi connectivity index (χ3v) is 15.4. The first-order valence-corrected chi connectivity index (χ1v) is 37.2. The molecule has 2 aliphatic carbocycles. The Bertz CT molecular complexity index is 4140. The molecular formula is C89H121N5O4S. The van der Waals surface area contributed by atoms with Crippen LogP contribution in [0.4, 0.5) is 0 Å². The predicted molar refractivity (Wildman–Crippen MR) is 436 cm³/mol. The molecule has 0 fully saturated rings. The maximum Gasteiger partial charge on any atom is 0.251 e. The first-order chi connectivity index (χ1) is 48.3. The molecule has 12 aromatic rings. The number of fused-ring (bicyclic) bond motifs is 8. The van der Waals surface area contributed by atoms with Crippen molar-refractivity contribution in [3.05, 3.63) is 277 Å². The van der Waals surface area contributed by atoms with E-state index in [0.717, 1.165) is 81.2 Å². The molecule has 16 rings (SSSR count). The molecule has 2 N–H and O–H groups in total. The van der Waals surface area contributed by atoms with Crippen molar-refractivity contribution in [2.75, 3.05) is 13.4 Å². The summed E-state index contributed by atoms with van der Waals surface area (Å²) in [5, 5.41) is 3.50. The largest absolute Gasteiger partial charge is 0.493 e. The monoisotopic (exact) mass is 1360 g/mol. The van der Waals surface area contributed by atoms with Crippen LogP contribution in [0, 0.1) is 41.5 Å². The van der Waals surface area contributed by atoms with Gasteiger partial charge in [-0.15, -0.1) is 11.3 Å². The normalized spacial score (nSPS) is 11.6. The second kappa shape index (κ2) is 52.0. The summed E-state index contributed by atoms with van der Waals surface area (Å²) in [5.74, 6) is 3.59. The Morgan fingerprint density at radius 3 is 1.78 bits per heavy atom. The molecule has 0 bridgehead atoms. The molecule has 10 heteroatoms. The second-order valence-corrected chi connectivity index (χ2v) is 22.2. The number of thiazole rings is 1. The van der Waals surface area contributed by atoms with Crippen LogP contribution in [-0.4, -0.2) is 38.3 Å². The van der Waals surface area contributed by atoms with Crippen LogP contribution >= 0.6 is 11.3 Å². The first kappa shape index (κ1) is 87.9. The van der Waals surface area contributed by atoms with Gasteiger partial charge in [0.05, 0.1) is 27.9 Å². The summed E-state index contributed by atoms with van der Waals surface area (Å²) in [6, 6.07) is 59.8. The Morgan fingerprint density at radius 2 is 1.09 bits per heavy atom. The van der Waals surface area contributed by atoms with Crippen molar-refractivity contribution in [1.29, 1.82) is 0 Å². The Kier molecular flexibility index (Phi) is 46.2. The van der Waals surface area contributed by atoms with Crippen molar-refractivity contribution in [3.8, 4) is 17.2 Å². The maximum atomic E-state index is 11.2. The Balaban J connectivity index is 0.000000549. The smallest absolute Gasteiger partial charge is 0.251 e. The predicted octanol–water partition coefficient (Wildman–Crippen LogP) is 26.1. The number of hydrogen-bond acceptors (Lipinski definition) is 8. The number of allylic oxidation sites excluding steroid dienone is 1. The highest BCUT2D eigenvalue weighted by Crippen LogP contribution is 2.33. The van der Waals surface area contributed by atoms with Gasteiger partial charge in [0.25, 0.3) is 5.56 Å². The zero-order valence-corrected chi connectivity index (χ0v) is 65.6. The molecule has 2 aliphatic heterocycles. The SMILES string of the molecule is CC.CC.CC.CC.CC.CC.CC.CC.CC1=Cc2ccccc2C1.CC1CCc2ccccc21.Cc1c[nH]c2ccccc12.Cc1cc2ccccc2[nH]c1=O.Cc1ccc2c(c1)CCO2.Cc1ccc2c(c1)OCO2.Cc1ccc2cnccc2n1.Cc1ccc2ncsc2c1. The quantitative estimate of drug-likeness (QED) is 0.155. The summed E-state index contributed by atoms with van der Waals surface area (Å²) in [7, 11) is 0. The summed E-state index contributed by atoms with van der Waals surface area (Å²) in [6.07, 6.45) is 12.7. The number of aromatic amines is 2. The molecule has 7 heterocycles. The average Bonchev–Trinajstić information content (AvgIpc) is 1.61. The van der Waals surface area contributed by atoms with Gasteiger partial charge in [-0.3, -0.25) is 14.8 Å². The van der Waals surface area contributed by atoms with Gasteiger partial charge in [-0.05, 0) is 190 Å². The zero-order chi connectivity index (χ0) is 74.1. The fourth-order valence-corrected chi connectivity index (χ4v) is 10.8. The highest BCUT2D eigenvalue weighted by atomic mass is 32.1. The summed E-state index contributed by atoms with van der Waals surface area (Å²) >= 11 is 1.69. The van der Waals surface area contributed by atoms with E-state index in [2.05, 4.69) is 169 Å². The van der Waals surface area contributed by atoms with Gasteiger partial charge in [0.15, 0.2) is 11.5 Å². The number of pyridine rings is 3. The summed E-state index contributed by atoms with van der Waals surface area (Å²) in [4.78, 5) is 29.7. The van der Waals surface area contributed by atoms with E-state index in [4.69, 9.17) is 14.2 Å². The number of aromatic nitrogens is 5. The molecule has 0 amide bonds. The number of nitrogens with one attached hydrogen (secondary N) is 2. The van der Waals surface area contributed by atoms with Gasteiger partial charge in [-0.25, -0.2) is 4.98 Å². The summed E-state index contributed by atoms with van der Waals surface area (Å²) < 4.78 is 16.9. The minimum Gasteiger partial charge on any atom is -0.493 e. The van der Waals surface area contributed by atoms with Gasteiger partial charge in [0.1, 0.15) is 5.75 Å². The molecule has 1 unspecified atom stereocenters. The molecule has 0 saturated carbocycles. The number of nitrogens with zero attached hydrogens (tertiary/aromatic N) is 3. The molecule has 5 aromatic heterocycles. The van der Waals surface area contributed by atoms with Gasteiger partial charge in [-0.2, -0.15) is 0 Å². The lowest BCUT2D eigenvalue weighted by Gasteiger charge is -2.01. The van der Waals surface area contributed by atoms with Gasteiger partial charge in [0.2, 0.25) is 6.79 Å². The molecule has 532 valence electrons. The molecule has 1 atom stereocenters. The minimum absolute atomic E-state index is 0.00583. The number of benzene rings is 7. The Labute approximate surface area is 601 Å². The van der Waals surface area contributed by atoms with Gasteiger partial charge in [0, 0.05) is 58.1 Å². The van der Waals surface area contributed by atoms with E-state index in [0.29, 0.717) is 6.79 Å². The van der Waals surface area contributed by atoms with Gasteiger partial charge >= 0.3 is 0 Å². The summed E-state index contributed by atoms with van der Waals surface area (Å²) in [5.41, 5.74) is 21.9. The van der Waals surface area contributed by atoms with Crippen LogP contribution in [0.15, 0.2) is 210 Å². The van der Waals surface area contributed by atoms with Crippen molar-refractivity contribution in [1.82, 2.24) is 24.9 Å². The zero-order valence-electron chi connectivity index (χ0n) is 64.8. The molecule has 0 spiro atoms. The highest BCUT2D eigenvalue weighted by Gasteiger charge is 2.17. The van der Waals surface area contributed by atoms with Crippen LogP contribution < -0.4 is 19.8 Å². The standard InChI is InChI=1S/C10H9NO.C10H10.C10H12.C9H8N2.C9H9N.C9H10O.C8H7NS.C8H8O2.8C2H6/c1-7-6-8-4-2-3-5-9(8)11-10(7)12;1-8-6-9-4-2-3-5-10(9)7-8;1-8-6-7-9-4-2-3-5-10(8)9;1-7-2-3-8-6-10-5-4-9(8)11-7;1-7-6-10-9-5-3-2-4-8(7)9;1-7-2-3-9-8(6-7)4-5-10-9;2*1-6-2-3-7-8(4-6)10-5-9-7;8*1-2/h2-6H,1H3,(H,11,12);2-6H,7H2,1H3;2-5,8H,6-7H2,1H3;2-6H,1H3;2-6,10H,1H3;2-3,6H,4-5H2,1H3;2-5H,1H3;2-4H,5H2,1H3;8*1-2H3. The van der Waals surface area contributed by atoms with Crippen molar-refractivity contribution < 1.29 is 14.2 Å². The third-order valence-electron chi connectivity index (χ3n) is 14.6. The Hall–Kier alpha value is -9.12. The number of hydrogen-bond donors (Lipinski definition) is 2. The number of H-pyrrole nitrogens is 2. The lowest BCUT2D eigenvalue weighted by molar-refractivity contribution is 0.174. The average molecular weight is 1360 g/mol. The molecule has 4 aliphatic rings. The number of para-hydroxylation sites is 2. The van der Waals surface area contributed by atoms with E-state index in [1.807, 2.05) is 222 Å². The lowest BCUT2D eigenvalue weighted by atomic mass is 10.0. The molecule has 99 heavy (non-hydrogen) atoms. The number of rotatable bonds is 0. The van der Waals surface area contributed by atoms with Crippen molar-refractivity contribution in [2.24, 2.45) is 0 Å². The fraction of sp³-hybridized carbons (Fsp3) is 0.348. The van der Waals surface area contributed by atoms with Crippen LogP contribution in [0.3, 0.4) is 0 Å². The van der Waals surface area contributed by atoms with Crippen LogP contribution in [0.5, 0.6) is 17.2 Å². The third kappa shape index (κ3) is 29.9. The van der Waals surface area contributed by atoms with Crippen LogP contribution in [-0.2, 0) is 19.3 Å². The lowest BCUT2D eigenvalue weighted by Crippen LogP contribution is -2.08. The Morgan fingerprint density at radius 1 is 0.495 bits per heavy atom. The van der Waals surface area contributed by atoms with Crippen molar-refractivity contribution in [2.45, 2.75) is 198 Å². The van der Waals surface area contributed by atoms with Crippen LogP contribution in [0.1, 0.15) is 198 Å². The van der Waals surface area contributed by atoms with Gasteiger partial charge in [-0.1, -0.05) is 244 Å². The minimum atomic E-state index is -0.00583. The van der Waals surface area contributed by atoms with Crippen molar-refractivity contribution in [3.63, 3.8) is 0 Å². The number of aryl methyl sites for hydroxylation is 7. The van der Waals surface area contributed by atoms with E-state index in [1.165, 1.54) is 73.0 Å². The highest BCUT2D eigenvalue weighted by molar-refractivity contribution is 7.16. The number of ether oxygens (including phenoxy) is 3. The van der Waals surface area contributed by atoms with E-state index < -0.39 is 0 Å². The topological polar surface area (TPSA) is 115 Å². The first-order valence-electron chi connectivity index (χ1n) is 36.3. The van der Waals surface area contributed by atoms with E-state index in [9.17, 15) is 4.79 Å². The van der Waals surface area contributed by atoms with Crippen LogP contribution in [0.2, 0.25) is 0 Å². The maximum absolute atomic E-state index is 11.2. The van der Waals surface area contributed by atoms with Gasteiger partial charge < -0.3 is 24.2 Å². The molecular weight excluding hydrogens is 1240 g/mol. The van der Waals surface area contributed by atoms with E-state index in [1.54, 1.807) is 28.7 Å².